The van der Waals surface area contributed by atoms with E-state index in [-0.39, 0.29) is 24.6 Å². The number of ether oxygens (including phenoxy) is 2. The van der Waals surface area contributed by atoms with Crippen molar-refractivity contribution < 1.29 is 19.4 Å². The Bertz CT molecular complexity index is 313. The van der Waals surface area contributed by atoms with Gasteiger partial charge in [-0.1, -0.05) is 6.58 Å². The highest BCUT2D eigenvalue weighted by Gasteiger charge is 2.40. The quantitative estimate of drug-likeness (QED) is 0.604. The normalized spacial score (nSPS) is 32.0. The Morgan fingerprint density at radius 2 is 2.22 bits per heavy atom. The van der Waals surface area contributed by atoms with Crippen LogP contribution in [0, 0.1) is 5.92 Å². The van der Waals surface area contributed by atoms with Crippen molar-refractivity contribution in [2.24, 2.45) is 5.92 Å². The highest BCUT2D eigenvalue weighted by atomic mass is 16.6. The van der Waals surface area contributed by atoms with Crippen LogP contribution in [0.4, 0.5) is 0 Å². The van der Waals surface area contributed by atoms with Gasteiger partial charge in [0.25, 0.3) is 0 Å². The number of rotatable bonds is 5. The first kappa shape index (κ1) is 15.2. The third-order valence-electron chi connectivity index (χ3n) is 3.48. The number of aliphatic hydroxyl groups excluding tert-OH is 1. The lowest BCUT2D eigenvalue weighted by Gasteiger charge is -2.41. The summed E-state index contributed by atoms with van der Waals surface area (Å²) in [6.07, 6.45) is 2.26. The Morgan fingerprint density at radius 1 is 1.56 bits per heavy atom. The molecule has 18 heavy (non-hydrogen) atoms. The summed E-state index contributed by atoms with van der Waals surface area (Å²) in [5, 5.41) is 9.43. The average Bonchev–Trinajstić information content (AvgIpc) is 2.31. The Balaban J connectivity index is 2.65. The molecule has 0 heterocycles. The molecule has 0 spiro atoms. The van der Waals surface area contributed by atoms with Gasteiger partial charge in [0, 0.05) is 24.7 Å². The number of carbonyl (C=O) groups is 1. The molecule has 0 aromatic heterocycles. The van der Waals surface area contributed by atoms with Crippen LogP contribution in [-0.2, 0) is 14.3 Å². The lowest BCUT2D eigenvalue weighted by atomic mass is 9.77. The predicted molar refractivity (Wildman–Crippen MR) is 69.2 cm³/mol. The van der Waals surface area contributed by atoms with Crippen LogP contribution in [0.15, 0.2) is 12.2 Å². The van der Waals surface area contributed by atoms with Gasteiger partial charge in [0.2, 0.25) is 0 Å². The van der Waals surface area contributed by atoms with Crippen molar-refractivity contribution in [1.29, 1.82) is 0 Å². The number of hydrogen-bond donors (Lipinski definition) is 1. The monoisotopic (exact) mass is 256 g/mol. The smallest absolute Gasteiger partial charge is 0.333 e. The van der Waals surface area contributed by atoms with Gasteiger partial charge in [-0.3, -0.25) is 0 Å². The van der Waals surface area contributed by atoms with E-state index in [0.29, 0.717) is 18.6 Å². The first-order chi connectivity index (χ1) is 8.41. The fourth-order valence-corrected chi connectivity index (χ4v) is 2.49. The van der Waals surface area contributed by atoms with Gasteiger partial charge in [0.05, 0.1) is 6.10 Å². The number of carbonyl (C=O) groups excluding carboxylic acids is 1. The fraction of sp³-hybridized carbons (Fsp3) is 0.786. The van der Waals surface area contributed by atoms with E-state index in [4.69, 9.17) is 9.47 Å². The van der Waals surface area contributed by atoms with Crippen LogP contribution in [0.5, 0.6) is 0 Å². The topological polar surface area (TPSA) is 55.8 Å². The van der Waals surface area contributed by atoms with E-state index in [1.54, 1.807) is 6.92 Å². The maximum absolute atomic E-state index is 11.6. The van der Waals surface area contributed by atoms with E-state index >= 15 is 0 Å². The Labute approximate surface area is 109 Å². The van der Waals surface area contributed by atoms with E-state index in [0.717, 1.165) is 12.8 Å². The molecule has 1 aliphatic rings. The van der Waals surface area contributed by atoms with Crippen molar-refractivity contribution >= 4 is 5.97 Å². The van der Waals surface area contributed by atoms with Crippen LogP contribution in [0.2, 0.25) is 0 Å². The minimum absolute atomic E-state index is 0.0293. The van der Waals surface area contributed by atoms with Gasteiger partial charge in [-0.15, -0.1) is 0 Å². The molecule has 1 rings (SSSR count). The largest absolute Gasteiger partial charge is 0.456 e. The van der Waals surface area contributed by atoms with Gasteiger partial charge >= 0.3 is 5.97 Å². The zero-order valence-electron chi connectivity index (χ0n) is 11.6. The lowest BCUT2D eigenvalue weighted by molar-refractivity contribution is -0.165. The molecule has 0 bridgehead atoms. The zero-order chi connectivity index (χ0) is 13.8. The van der Waals surface area contributed by atoms with E-state index in [2.05, 4.69) is 6.58 Å². The van der Waals surface area contributed by atoms with Crippen molar-refractivity contribution in [2.45, 2.75) is 51.7 Å². The Morgan fingerprint density at radius 3 is 2.72 bits per heavy atom. The third-order valence-corrected chi connectivity index (χ3v) is 3.48. The van der Waals surface area contributed by atoms with Crippen LogP contribution >= 0.6 is 0 Å². The molecule has 3 unspecified atom stereocenters. The van der Waals surface area contributed by atoms with Gasteiger partial charge in [-0.05, 0) is 40.0 Å². The highest BCUT2D eigenvalue weighted by Crippen LogP contribution is 2.37. The van der Waals surface area contributed by atoms with E-state index in [9.17, 15) is 9.90 Å². The first-order valence-corrected chi connectivity index (χ1v) is 6.53. The average molecular weight is 256 g/mol. The standard InChI is InChI=1S/C14H24O4/c1-5-17-12-6-7-14(4,8-11(12)9-15)18-13(16)10(2)3/h11-12,15H,2,5-9H2,1,3-4H3. The molecule has 1 N–H and O–H groups in total. The molecule has 4 heteroatoms. The molecule has 1 fully saturated rings. The van der Waals surface area contributed by atoms with Crippen molar-refractivity contribution in [3.05, 3.63) is 12.2 Å². The van der Waals surface area contributed by atoms with E-state index < -0.39 is 5.60 Å². The maximum Gasteiger partial charge on any atom is 0.333 e. The minimum atomic E-state index is -0.517. The van der Waals surface area contributed by atoms with Crippen LogP contribution < -0.4 is 0 Å². The summed E-state index contributed by atoms with van der Waals surface area (Å²) in [4.78, 5) is 11.6. The van der Waals surface area contributed by atoms with Crippen molar-refractivity contribution in [1.82, 2.24) is 0 Å². The number of hydrogen-bond acceptors (Lipinski definition) is 4. The molecular weight excluding hydrogens is 232 g/mol. The van der Waals surface area contributed by atoms with Crippen LogP contribution in [-0.4, -0.2) is 36.0 Å². The summed E-state index contributed by atoms with van der Waals surface area (Å²) in [7, 11) is 0. The third kappa shape index (κ3) is 3.82. The molecule has 1 saturated carbocycles. The van der Waals surface area contributed by atoms with Gasteiger partial charge in [-0.2, -0.15) is 0 Å². The molecule has 0 amide bonds. The number of aliphatic hydroxyl groups is 1. The van der Waals surface area contributed by atoms with Gasteiger partial charge in [-0.25, -0.2) is 4.79 Å². The zero-order valence-corrected chi connectivity index (χ0v) is 11.6. The van der Waals surface area contributed by atoms with Gasteiger partial charge in [0.1, 0.15) is 5.60 Å². The first-order valence-electron chi connectivity index (χ1n) is 6.53. The summed E-state index contributed by atoms with van der Waals surface area (Å²) >= 11 is 0. The van der Waals surface area contributed by atoms with Gasteiger partial charge < -0.3 is 14.6 Å². The van der Waals surface area contributed by atoms with Gasteiger partial charge in [0.15, 0.2) is 0 Å². The molecule has 0 aromatic carbocycles. The SMILES string of the molecule is C=C(C)C(=O)OC1(C)CCC(OCC)C(CO)C1. The molecule has 0 aromatic rings. The summed E-state index contributed by atoms with van der Waals surface area (Å²) in [6.45, 7) is 9.79. The van der Waals surface area contributed by atoms with E-state index in [1.807, 2.05) is 13.8 Å². The van der Waals surface area contributed by atoms with Crippen molar-refractivity contribution in [3.63, 3.8) is 0 Å². The second-order valence-corrected chi connectivity index (χ2v) is 5.30. The Hall–Kier alpha value is -0.870. The molecule has 0 saturated heterocycles. The molecule has 0 aliphatic heterocycles. The molecular formula is C14H24O4. The molecule has 104 valence electrons. The van der Waals surface area contributed by atoms with Crippen LogP contribution in [0.25, 0.3) is 0 Å². The molecule has 0 radical (unpaired) electrons. The molecule has 3 atom stereocenters. The number of esters is 1. The molecule has 1 aliphatic carbocycles. The molecule has 4 nitrogen and oxygen atoms in total. The van der Waals surface area contributed by atoms with Crippen molar-refractivity contribution in [2.75, 3.05) is 13.2 Å². The Kier molecular flexibility index (Phi) is 5.35. The lowest BCUT2D eigenvalue weighted by Crippen LogP contribution is -2.44. The predicted octanol–water partition coefficient (Wildman–Crippen LogP) is 2.06. The van der Waals surface area contributed by atoms with E-state index in [1.165, 1.54) is 0 Å². The summed E-state index contributed by atoms with van der Waals surface area (Å²) < 4.78 is 11.1. The summed E-state index contributed by atoms with van der Waals surface area (Å²) in [5.41, 5.74) is -0.111. The van der Waals surface area contributed by atoms with Crippen LogP contribution in [0.3, 0.4) is 0 Å². The van der Waals surface area contributed by atoms with Crippen molar-refractivity contribution in [3.8, 4) is 0 Å². The maximum atomic E-state index is 11.6. The minimum Gasteiger partial charge on any atom is -0.456 e. The second-order valence-electron chi connectivity index (χ2n) is 5.30. The summed E-state index contributed by atoms with van der Waals surface area (Å²) in [6, 6.07) is 0. The summed E-state index contributed by atoms with van der Waals surface area (Å²) in [5.74, 6) is -0.328. The highest BCUT2D eigenvalue weighted by molar-refractivity contribution is 5.87. The second kappa shape index (κ2) is 6.34. The van der Waals surface area contributed by atoms with Crippen LogP contribution in [0.1, 0.15) is 40.0 Å². The fourth-order valence-electron chi connectivity index (χ4n) is 2.49.